The van der Waals surface area contributed by atoms with E-state index < -0.39 is 24.3 Å². The summed E-state index contributed by atoms with van der Waals surface area (Å²) in [6.07, 6.45) is 0.296. The van der Waals surface area contributed by atoms with E-state index in [1.54, 1.807) is 6.92 Å². The minimum absolute atomic E-state index is 0.203. The molecule has 0 aromatic heterocycles. The SMILES string of the molecule is C[C@H](O)CC1=C/C(=C\[C@H](O)[C@H](C)O)OC1=O. The Hall–Kier alpha value is -1.17. The quantitative estimate of drug-likeness (QED) is 0.583. The molecular formula is C11H16O5. The topological polar surface area (TPSA) is 87.0 Å². The van der Waals surface area contributed by atoms with Crippen LogP contribution in [-0.4, -0.2) is 39.6 Å². The molecule has 0 bridgehead atoms. The van der Waals surface area contributed by atoms with Gasteiger partial charge in [-0.2, -0.15) is 0 Å². The van der Waals surface area contributed by atoms with E-state index in [1.807, 2.05) is 0 Å². The number of ether oxygens (including phenoxy) is 1. The van der Waals surface area contributed by atoms with E-state index >= 15 is 0 Å². The summed E-state index contributed by atoms with van der Waals surface area (Å²) in [6, 6.07) is 0. The van der Waals surface area contributed by atoms with Crippen LogP contribution in [0.1, 0.15) is 20.3 Å². The number of carbonyl (C=O) groups excluding carboxylic acids is 1. The molecule has 0 saturated carbocycles. The van der Waals surface area contributed by atoms with Crippen LogP contribution in [0, 0.1) is 0 Å². The second-order valence-electron chi connectivity index (χ2n) is 3.91. The van der Waals surface area contributed by atoms with Crippen molar-refractivity contribution >= 4 is 5.97 Å². The van der Waals surface area contributed by atoms with Crippen LogP contribution in [0.15, 0.2) is 23.5 Å². The fourth-order valence-electron chi connectivity index (χ4n) is 1.28. The first-order valence-corrected chi connectivity index (χ1v) is 5.09. The summed E-state index contributed by atoms with van der Waals surface area (Å²) >= 11 is 0. The highest BCUT2D eigenvalue weighted by molar-refractivity contribution is 5.92. The Morgan fingerprint density at radius 3 is 2.50 bits per heavy atom. The van der Waals surface area contributed by atoms with Crippen molar-refractivity contribution in [2.75, 3.05) is 0 Å². The van der Waals surface area contributed by atoms with Gasteiger partial charge in [0.25, 0.3) is 0 Å². The van der Waals surface area contributed by atoms with E-state index in [9.17, 15) is 9.90 Å². The molecule has 0 fully saturated rings. The number of cyclic esters (lactones) is 1. The minimum atomic E-state index is -1.08. The Morgan fingerprint density at radius 1 is 1.38 bits per heavy atom. The van der Waals surface area contributed by atoms with E-state index in [0.717, 1.165) is 0 Å². The highest BCUT2D eigenvalue weighted by atomic mass is 16.5. The van der Waals surface area contributed by atoms with Crippen molar-refractivity contribution in [3.63, 3.8) is 0 Å². The molecule has 5 heteroatoms. The molecule has 0 amide bonds. The lowest BCUT2D eigenvalue weighted by Gasteiger charge is -2.08. The van der Waals surface area contributed by atoms with Crippen LogP contribution in [0.5, 0.6) is 0 Å². The molecule has 1 aliphatic heterocycles. The average Bonchev–Trinajstić information content (AvgIpc) is 2.45. The summed E-state index contributed by atoms with van der Waals surface area (Å²) in [6.45, 7) is 3.00. The van der Waals surface area contributed by atoms with Gasteiger partial charge in [0, 0.05) is 12.0 Å². The number of aliphatic hydroxyl groups is 3. The number of esters is 1. The molecule has 1 rings (SSSR count). The van der Waals surface area contributed by atoms with Crippen molar-refractivity contribution < 1.29 is 24.9 Å². The van der Waals surface area contributed by atoms with E-state index in [2.05, 4.69) is 0 Å². The lowest BCUT2D eigenvalue weighted by Crippen LogP contribution is -2.20. The van der Waals surface area contributed by atoms with Crippen molar-refractivity contribution in [1.29, 1.82) is 0 Å². The Balaban J connectivity index is 2.73. The molecule has 90 valence electrons. The first kappa shape index (κ1) is 12.9. The van der Waals surface area contributed by atoms with Crippen molar-refractivity contribution in [1.82, 2.24) is 0 Å². The van der Waals surface area contributed by atoms with Gasteiger partial charge in [-0.05, 0) is 26.0 Å². The summed E-state index contributed by atoms with van der Waals surface area (Å²) in [4.78, 5) is 11.3. The molecule has 0 aromatic carbocycles. The molecular weight excluding hydrogens is 212 g/mol. The third-order valence-electron chi connectivity index (χ3n) is 2.13. The maximum Gasteiger partial charge on any atom is 0.339 e. The van der Waals surface area contributed by atoms with E-state index in [4.69, 9.17) is 14.9 Å². The van der Waals surface area contributed by atoms with Crippen molar-refractivity contribution in [3.05, 3.63) is 23.5 Å². The van der Waals surface area contributed by atoms with Gasteiger partial charge in [-0.1, -0.05) is 0 Å². The maximum absolute atomic E-state index is 11.3. The number of hydrogen-bond acceptors (Lipinski definition) is 5. The molecule has 0 aliphatic carbocycles. The third kappa shape index (κ3) is 3.44. The molecule has 3 N–H and O–H groups in total. The monoisotopic (exact) mass is 228 g/mol. The van der Waals surface area contributed by atoms with Crippen LogP contribution in [0.4, 0.5) is 0 Å². The molecule has 1 aliphatic rings. The summed E-state index contributed by atoms with van der Waals surface area (Å²) in [5, 5.41) is 27.5. The highest BCUT2D eigenvalue weighted by Gasteiger charge is 2.23. The summed E-state index contributed by atoms with van der Waals surface area (Å²) in [7, 11) is 0. The standard InChI is InChI=1S/C11H16O5/c1-6(12)3-8-4-9(16-11(8)15)5-10(14)7(2)13/h4-7,10,12-14H,3H2,1-2H3/b9-5+/t6-,7-,10-/m0/s1. The third-order valence-corrected chi connectivity index (χ3v) is 2.13. The van der Waals surface area contributed by atoms with Gasteiger partial charge in [0.15, 0.2) is 0 Å². The van der Waals surface area contributed by atoms with E-state index in [1.165, 1.54) is 19.1 Å². The molecule has 0 aromatic rings. The van der Waals surface area contributed by atoms with Gasteiger partial charge in [-0.15, -0.1) is 0 Å². The molecule has 16 heavy (non-hydrogen) atoms. The predicted molar refractivity (Wildman–Crippen MR) is 56.2 cm³/mol. The number of allylic oxidation sites excluding steroid dienone is 1. The molecule has 3 atom stereocenters. The van der Waals surface area contributed by atoms with E-state index in [-0.39, 0.29) is 12.2 Å². The van der Waals surface area contributed by atoms with Gasteiger partial charge in [0.1, 0.15) is 11.9 Å². The minimum Gasteiger partial charge on any atom is -0.423 e. The van der Waals surface area contributed by atoms with Crippen molar-refractivity contribution in [2.24, 2.45) is 0 Å². The first-order chi connectivity index (χ1) is 7.40. The molecule has 5 nitrogen and oxygen atoms in total. The lowest BCUT2D eigenvalue weighted by molar-refractivity contribution is -0.133. The predicted octanol–water partition coefficient (Wildman–Crippen LogP) is -0.134. The van der Waals surface area contributed by atoms with Gasteiger partial charge in [0.05, 0.1) is 12.2 Å². The smallest absolute Gasteiger partial charge is 0.339 e. The largest absolute Gasteiger partial charge is 0.423 e. The van der Waals surface area contributed by atoms with Crippen LogP contribution in [0.3, 0.4) is 0 Å². The molecule has 0 saturated heterocycles. The molecule has 0 unspecified atom stereocenters. The second kappa shape index (κ2) is 5.25. The first-order valence-electron chi connectivity index (χ1n) is 5.09. The summed E-state index contributed by atoms with van der Waals surface area (Å²) in [5.74, 6) is -0.320. The Morgan fingerprint density at radius 2 is 2.00 bits per heavy atom. The fourth-order valence-corrected chi connectivity index (χ4v) is 1.28. The number of carbonyl (C=O) groups is 1. The van der Waals surface area contributed by atoms with Crippen molar-refractivity contribution in [3.8, 4) is 0 Å². The molecule has 1 heterocycles. The van der Waals surface area contributed by atoms with Crippen LogP contribution in [-0.2, 0) is 9.53 Å². The van der Waals surface area contributed by atoms with E-state index in [0.29, 0.717) is 5.57 Å². The van der Waals surface area contributed by atoms with Crippen LogP contribution >= 0.6 is 0 Å². The second-order valence-corrected chi connectivity index (χ2v) is 3.91. The number of hydrogen-bond donors (Lipinski definition) is 3. The van der Waals surface area contributed by atoms with Gasteiger partial charge in [-0.3, -0.25) is 0 Å². The van der Waals surface area contributed by atoms with Crippen LogP contribution < -0.4 is 0 Å². The number of rotatable bonds is 4. The van der Waals surface area contributed by atoms with Gasteiger partial charge in [0.2, 0.25) is 0 Å². The lowest BCUT2D eigenvalue weighted by atomic mass is 10.1. The van der Waals surface area contributed by atoms with Crippen LogP contribution in [0.25, 0.3) is 0 Å². The summed E-state index contributed by atoms with van der Waals surface area (Å²) in [5.41, 5.74) is 0.360. The zero-order valence-corrected chi connectivity index (χ0v) is 9.25. The highest BCUT2D eigenvalue weighted by Crippen LogP contribution is 2.21. The fraction of sp³-hybridized carbons (Fsp3) is 0.545. The Labute approximate surface area is 93.7 Å². The maximum atomic E-state index is 11.3. The van der Waals surface area contributed by atoms with Crippen molar-refractivity contribution in [2.45, 2.75) is 38.6 Å². The average molecular weight is 228 g/mol. The molecule has 0 spiro atoms. The number of aliphatic hydroxyl groups excluding tert-OH is 3. The normalized spacial score (nSPS) is 23.9. The zero-order valence-electron chi connectivity index (χ0n) is 9.25. The zero-order chi connectivity index (χ0) is 12.3. The Bertz CT molecular complexity index is 327. The van der Waals surface area contributed by atoms with Crippen LogP contribution in [0.2, 0.25) is 0 Å². The Kier molecular flexibility index (Phi) is 4.23. The van der Waals surface area contributed by atoms with Gasteiger partial charge in [-0.25, -0.2) is 4.79 Å². The summed E-state index contributed by atoms with van der Waals surface area (Å²) < 4.78 is 4.84. The van der Waals surface area contributed by atoms with Gasteiger partial charge >= 0.3 is 5.97 Å². The molecule has 0 radical (unpaired) electrons. The van der Waals surface area contributed by atoms with Gasteiger partial charge < -0.3 is 20.1 Å².